The monoisotopic (exact) mass is 493 g/mol. The molecule has 0 radical (unpaired) electrons. The molecule has 1 saturated heterocycles. The summed E-state index contributed by atoms with van der Waals surface area (Å²) in [6.45, 7) is 4.98. The van der Waals surface area contributed by atoms with Crippen molar-refractivity contribution in [3.05, 3.63) is 63.7 Å². The molecule has 2 heterocycles. The number of hydrogen-bond acceptors (Lipinski definition) is 6. The summed E-state index contributed by atoms with van der Waals surface area (Å²) in [4.78, 5) is 26.1. The maximum Gasteiger partial charge on any atom is 0.272 e. The molecule has 2 aliphatic rings. The molecule has 0 aliphatic carbocycles. The number of nitro groups is 1. The van der Waals surface area contributed by atoms with E-state index >= 15 is 0 Å². The molecule has 1 unspecified atom stereocenters. The highest BCUT2D eigenvalue weighted by molar-refractivity contribution is 6.01. The summed E-state index contributed by atoms with van der Waals surface area (Å²) < 4.78 is 6.03. The van der Waals surface area contributed by atoms with Crippen molar-refractivity contribution in [3.8, 4) is 5.75 Å². The van der Waals surface area contributed by atoms with E-state index in [0.717, 1.165) is 25.7 Å². The highest BCUT2D eigenvalue weighted by Gasteiger charge is 2.36. The number of hydrogen-bond donors (Lipinski definition) is 3. The van der Waals surface area contributed by atoms with Crippen LogP contribution in [0, 0.1) is 15.5 Å². The molecule has 9 heteroatoms. The fourth-order valence-corrected chi connectivity index (χ4v) is 5.37. The van der Waals surface area contributed by atoms with E-state index in [1.165, 1.54) is 31.4 Å². The van der Waals surface area contributed by atoms with E-state index in [2.05, 4.69) is 19.2 Å². The van der Waals surface area contributed by atoms with Gasteiger partial charge in [-0.05, 0) is 51.7 Å². The zero-order valence-corrected chi connectivity index (χ0v) is 21.0. The summed E-state index contributed by atoms with van der Waals surface area (Å²) in [5.74, 6) is 0.0494. The van der Waals surface area contributed by atoms with Gasteiger partial charge in [-0.2, -0.15) is 0 Å². The Morgan fingerprint density at radius 2 is 2.08 bits per heavy atom. The molecule has 0 spiro atoms. The van der Waals surface area contributed by atoms with Gasteiger partial charge in [0.15, 0.2) is 0 Å². The van der Waals surface area contributed by atoms with E-state index in [1.54, 1.807) is 35.2 Å². The summed E-state index contributed by atoms with van der Waals surface area (Å²) >= 11 is 0. The second-order valence-electron chi connectivity index (χ2n) is 10.2. The number of unbranched alkanes of at least 4 members (excludes halogenated alkanes) is 2. The summed E-state index contributed by atoms with van der Waals surface area (Å²) in [5.41, 5.74) is 7.23. The van der Waals surface area contributed by atoms with Gasteiger partial charge >= 0.3 is 0 Å². The third-order valence-corrected chi connectivity index (χ3v) is 7.25. The number of non-ortho nitro benzene ring substituents is 1. The number of nitrogen functional groups attached to an aromatic ring is 1. The predicted molar refractivity (Wildman–Crippen MR) is 140 cm³/mol. The maximum atomic E-state index is 13.6. The summed E-state index contributed by atoms with van der Waals surface area (Å²) in [6, 6.07) is 11.8. The topological polar surface area (TPSA) is 135 Å². The van der Waals surface area contributed by atoms with Crippen LogP contribution in [-0.4, -0.2) is 34.8 Å². The third kappa shape index (κ3) is 5.67. The van der Waals surface area contributed by atoms with Crippen LogP contribution >= 0.6 is 0 Å². The van der Waals surface area contributed by atoms with Crippen molar-refractivity contribution in [1.29, 1.82) is 5.41 Å². The molecule has 1 amide bonds. The van der Waals surface area contributed by atoms with Crippen LogP contribution in [0.3, 0.4) is 0 Å². The number of nitrogens with zero attached hydrogens (tertiary/aromatic N) is 2. The second-order valence-corrected chi connectivity index (χ2v) is 10.2. The lowest BCUT2D eigenvalue weighted by atomic mass is 9.84. The van der Waals surface area contributed by atoms with E-state index in [1.807, 2.05) is 0 Å². The van der Waals surface area contributed by atoms with Crippen LogP contribution in [0.4, 0.5) is 11.4 Å². The molecule has 4 N–H and O–H groups in total. The van der Waals surface area contributed by atoms with Crippen molar-refractivity contribution in [2.45, 2.75) is 76.5 Å². The number of nitrogens with two attached hydrogens (primary N) is 1. The lowest BCUT2D eigenvalue weighted by Crippen LogP contribution is -2.50. The number of fused-ring (bicyclic) bond motifs is 1. The van der Waals surface area contributed by atoms with Crippen LogP contribution in [-0.2, 0) is 4.79 Å². The number of ether oxygens (including phenoxy) is 1. The van der Waals surface area contributed by atoms with Gasteiger partial charge in [0.25, 0.3) is 11.6 Å². The number of nitro benzene ring substituents is 1. The Labute approximate surface area is 211 Å². The van der Waals surface area contributed by atoms with Crippen LogP contribution in [0.1, 0.15) is 76.0 Å². The molecule has 3 atom stereocenters. The second kappa shape index (κ2) is 10.7. The van der Waals surface area contributed by atoms with Crippen molar-refractivity contribution in [1.82, 2.24) is 5.32 Å². The number of carbonyl (C=O) groups excluding carboxylic acids is 1. The Morgan fingerprint density at radius 3 is 2.81 bits per heavy atom. The fraction of sp³-hybridized carbons (Fsp3) is 0.481. The molecule has 4 rings (SSSR count). The Kier molecular flexibility index (Phi) is 7.59. The van der Waals surface area contributed by atoms with Crippen molar-refractivity contribution < 1.29 is 14.5 Å². The lowest BCUT2D eigenvalue weighted by Gasteiger charge is -2.39. The first-order chi connectivity index (χ1) is 17.2. The number of benzene rings is 2. The molecule has 36 heavy (non-hydrogen) atoms. The summed E-state index contributed by atoms with van der Waals surface area (Å²) in [7, 11) is 0. The SMILES string of the molecule is C[C@H]1CCC[C@@](C)(CCCCCN2C(=O)C(c3cccc(C(=N)N)c3)Oc3ccc([N+](=O)[O-])cc32)N1. The van der Waals surface area contributed by atoms with Crippen molar-refractivity contribution in [2.24, 2.45) is 5.73 Å². The Bertz CT molecular complexity index is 1150. The average Bonchev–Trinajstić information content (AvgIpc) is 2.84. The van der Waals surface area contributed by atoms with Crippen LogP contribution in [0.2, 0.25) is 0 Å². The van der Waals surface area contributed by atoms with Gasteiger partial charge in [-0.3, -0.25) is 20.3 Å². The highest BCUT2D eigenvalue weighted by atomic mass is 16.6. The molecule has 2 aromatic rings. The molecular formula is C27H35N5O4. The number of anilines is 1. The first kappa shape index (κ1) is 25.6. The van der Waals surface area contributed by atoms with Gasteiger partial charge in [0.1, 0.15) is 11.6 Å². The van der Waals surface area contributed by atoms with Crippen LogP contribution in [0.5, 0.6) is 5.75 Å². The quantitative estimate of drug-likeness (QED) is 0.151. The Balaban J connectivity index is 1.50. The molecule has 192 valence electrons. The first-order valence-electron chi connectivity index (χ1n) is 12.7. The van der Waals surface area contributed by atoms with Gasteiger partial charge in [-0.1, -0.05) is 37.5 Å². The fourth-order valence-electron chi connectivity index (χ4n) is 5.37. The molecule has 0 saturated carbocycles. The normalized spacial score (nSPS) is 23.6. The number of piperidine rings is 1. The highest BCUT2D eigenvalue weighted by Crippen LogP contribution is 2.41. The minimum absolute atomic E-state index is 0.0856. The standard InChI is InChI=1S/C27H35N5O4/c1-18-8-7-14-27(2,30-18)13-4-3-5-15-31-22-17-21(32(34)35)11-12-23(22)36-24(26(31)33)19-9-6-10-20(16-19)25(28)29/h6,9-12,16-18,24,30H,3-5,7-8,13-15H2,1-2H3,(H3,28,29)/t18-,24?,27+/m0/s1. The number of amidine groups is 1. The lowest BCUT2D eigenvalue weighted by molar-refractivity contribution is -0.384. The zero-order chi connectivity index (χ0) is 25.9. The number of nitrogens with one attached hydrogen (secondary N) is 2. The van der Waals surface area contributed by atoms with Crippen molar-refractivity contribution in [3.63, 3.8) is 0 Å². The molecule has 1 fully saturated rings. The average molecular weight is 494 g/mol. The van der Waals surface area contributed by atoms with Crippen LogP contribution < -0.4 is 20.7 Å². The van der Waals surface area contributed by atoms with Crippen molar-refractivity contribution >= 4 is 23.1 Å². The molecule has 2 aromatic carbocycles. The summed E-state index contributed by atoms with van der Waals surface area (Å²) in [6.07, 6.45) is 6.58. The minimum Gasteiger partial charge on any atom is -0.474 e. The van der Waals surface area contributed by atoms with Crippen LogP contribution in [0.25, 0.3) is 0 Å². The van der Waals surface area contributed by atoms with E-state index in [-0.39, 0.29) is 23.0 Å². The molecule has 2 aliphatic heterocycles. The van der Waals surface area contributed by atoms with Gasteiger partial charge < -0.3 is 20.7 Å². The molecule has 0 aromatic heterocycles. The smallest absolute Gasteiger partial charge is 0.272 e. The van der Waals surface area contributed by atoms with Gasteiger partial charge in [0, 0.05) is 41.4 Å². The minimum atomic E-state index is -0.912. The molecule has 0 bridgehead atoms. The van der Waals surface area contributed by atoms with E-state index in [4.69, 9.17) is 15.9 Å². The van der Waals surface area contributed by atoms with E-state index in [9.17, 15) is 14.9 Å². The predicted octanol–water partition coefficient (Wildman–Crippen LogP) is 4.83. The maximum absolute atomic E-state index is 13.6. The van der Waals surface area contributed by atoms with Crippen molar-refractivity contribution in [2.75, 3.05) is 11.4 Å². The zero-order valence-electron chi connectivity index (χ0n) is 21.0. The Morgan fingerprint density at radius 1 is 1.28 bits per heavy atom. The van der Waals surface area contributed by atoms with Gasteiger partial charge in [0.2, 0.25) is 6.10 Å². The number of carbonyl (C=O) groups is 1. The molecular weight excluding hydrogens is 458 g/mol. The van der Waals surface area contributed by atoms with Gasteiger partial charge in [-0.15, -0.1) is 0 Å². The van der Waals surface area contributed by atoms with Crippen LogP contribution in [0.15, 0.2) is 42.5 Å². The number of rotatable bonds is 9. The Hall–Kier alpha value is -3.46. The summed E-state index contributed by atoms with van der Waals surface area (Å²) in [5, 5.41) is 22.8. The van der Waals surface area contributed by atoms with E-state index < -0.39 is 11.0 Å². The largest absolute Gasteiger partial charge is 0.474 e. The van der Waals surface area contributed by atoms with E-state index in [0.29, 0.717) is 35.2 Å². The number of amides is 1. The van der Waals surface area contributed by atoms with Gasteiger partial charge in [-0.25, -0.2) is 0 Å². The van der Waals surface area contributed by atoms with Gasteiger partial charge in [0.05, 0.1) is 10.6 Å². The first-order valence-corrected chi connectivity index (χ1v) is 12.7. The third-order valence-electron chi connectivity index (χ3n) is 7.25. The molecule has 9 nitrogen and oxygen atoms in total.